The first-order valence-electron chi connectivity index (χ1n) is 6.10. The molecule has 2 aromatic carbocycles. The van der Waals surface area contributed by atoms with Crippen molar-refractivity contribution >= 4 is 33.2 Å². The second kappa shape index (κ2) is 6.83. The Bertz CT molecular complexity index is 560. The van der Waals surface area contributed by atoms with Crippen molar-refractivity contribution in [2.24, 2.45) is 0 Å². The van der Waals surface area contributed by atoms with Crippen molar-refractivity contribution in [3.05, 3.63) is 57.5 Å². The number of ether oxygens (including phenoxy) is 1. The molecule has 2 nitrogen and oxygen atoms in total. The van der Waals surface area contributed by atoms with Crippen molar-refractivity contribution in [2.75, 3.05) is 11.9 Å². The van der Waals surface area contributed by atoms with Gasteiger partial charge < -0.3 is 10.1 Å². The summed E-state index contributed by atoms with van der Waals surface area (Å²) in [5, 5.41) is 4.02. The third-order valence-corrected chi connectivity index (χ3v) is 3.48. The van der Waals surface area contributed by atoms with Gasteiger partial charge in [-0.05, 0) is 31.2 Å². The zero-order valence-electron chi connectivity index (χ0n) is 10.6. The van der Waals surface area contributed by atoms with E-state index in [1.807, 2.05) is 49.4 Å². The van der Waals surface area contributed by atoms with Crippen molar-refractivity contribution in [2.45, 2.75) is 13.5 Å². The van der Waals surface area contributed by atoms with Crippen molar-refractivity contribution in [3.8, 4) is 5.75 Å². The molecule has 4 heteroatoms. The Morgan fingerprint density at radius 2 is 2.00 bits per heavy atom. The third-order valence-electron chi connectivity index (χ3n) is 2.67. The van der Waals surface area contributed by atoms with Crippen molar-refractivity contribution in [1.29, 1.82) is 0 Å². The molecule has 100 valence electrons. The molecule has 0 fully saturated rings. The molecule has 0 aromatic heterocycles. The van der Waals surface area contributed by atoms with Gasteiger partial charge in [0.15, 0.2) is 0 Å². The second-order valence-electron chi connectivity index (χ2n) is 4.02. The van der Waals surface area contributed by atoms with Gasteiger partial charge in [0.2, 0.25) is 0 Å². The summed E-state index contributed by atoms with van der Waals surface area (Å²) in [4.78, 5) is 0. The molecule has 0 heterocycles. The minimum Gasteiger partial charge on any atom is -0.494 e. The topological polar surface area (TPSA) is 21.3 Å². The molecule has 0 aliphatic carbocycles. The lowest BCUT2D eigenvalue weighted by molar-refractivity contribution is 0.337. The maximum absolute atomic E-state index is 6.17. The van der Waals surface area contributed by atoms with E-state index in [0.717, 1.165) is 21.5 Å². The summed E-state index contributed by atoms with van der Waals surface area (Å²) >= 11 is 9.57. The van der Waals surface area contributed by atoms with Crippen LogP contribution in [0.4, 0.5) is 5.69 Å². The van der Waals surface area contributed by atoms with Crippen LogP contribution in [0.3, 0.4) is 0 Å². The number of rotatable bonds is 5. The monoisotopic (exact) mass is 339 g/mol. The normalized spacial score (nSPS) is 10.3. The highest BCUT2D eigenvalue weighted by Crippen LogP contribution is 2.27. The molecule has 0 bridgehead atoms. The smallest absolute Gasteiger partial charge is 0.124 e. The van der Waals surface area contributed by atoms with Gasteiger partial charge in [-0.3, -0.25) is 0 Å². The largest absolute Gasteiger partial charge is 0.494 e. The van der Waals surface area contributed by atoms with Crippen molar-refractivity contribution in [1.82, 2.24) is 0 Å². The van der Waals surface area contributed by atoms with E-state index in [4.69, 9.17) is 16.3 Å². The number of anilines is 1. The molecule has 0 unspecified atom stereocenters. The first kappa shape index (κ1) is 14.2. The maximum atomic E-state index is 6.17. The molecule has 1 N–H and O–H groups in total. The lowest BCUT2D eigenvalue weighted by Crippen LogP contribution is -2.03. The van der Waals surface area contributed by atoms with E-state index in [1.165, 1.54) is 0 Å². The quantitative estimate of drug-likeness (QED) is 0.816. The van der Waals surface area contributed by atoms with E-state index in [9.17, 15) is 0 Å². The van der Waals surface area contributed by atoms with Crippen LogP contribution in [-0.4, -0.2) is 6.61 Å². The Hall–Kier alpha value is -1.19. The molecule has 0 aliphatic heterocycles. The van der Waals surface area contributed by atoms with Crippen molar-refractivity contribution in [3.63, 3.8) is 0 Å². The lowest BCUT2D eigenvalue weighted by atomic mass is 10.2. The summed E-state index contributed by atoms with van der Waals surface area (Å²) in [6.45, 7) is 3.32. The fourth-order valence-corrected chi connectivity index (χ4v) is 2.51. The van der Waals surface area contributed by atoms with E-state index >= 15 is 0 Å². The van der Waals surface area contributed by atoms with Crippen LogP contribution in [0.15, 0.2) is 46.9 Å². The molecule has 2 aromatic rings. The van der Waals surface area contributed by atoms with Gasteiger partial charge in [0.1, 0.15) is 5.75 Å². The Morgan fingerprint density at radius 1 is 1.21 bits per heavy atom. The van der Waals surface area contributed by atoms with Gasteiger partial charge in [0, 0.05) is 16.6 Å². The van der Waals surface area contributed by atoms with E-state index in [1.54, 1.807) is 0 Å². The van der Waals surface area contributed by atoms with Crippen LogP contribution in [0.25, 0.3) is 0 Å². The summed E-state index contributed by atoms with van der Waals surface area (Å²) in [5.74, 6) is 0.908. The highest BCUT2D eigenvalue weighted by atomic mass is 79.9. The van der Waals surface area contributed by atoms with Crippen LogP contribution in [0.5, 0.6) is 5.75 Å². The zero-order chi connectivity index (χ0) is 13.7. The molecule has 19 heavy (non-hydrogen) atoms. The minimum absolute atomic E-state index is 0.663. The highest BCUT2D eigenvalue weighted by Gasteiger charge is 2.04. The first-order valence-corrected chi connectivity index (χ1v) is 7.27. The Kier molecular flexibility index (Phi) is 5.11. The van der Waals surface area contributed by atoms with Gasteiger partial charge in [-0.2, -0.15) is 0 Å². The van der Waals surface area contributed by atoms with Gasteiger partial charge in [0.05, 0.1) is 17.3 Å². The molecule has 0 aliphatic rings. The van der Waals surface area contributed by atoms with Crippen LogP contribution in [-0.2, 0) is 6.54 Å². The van der Waals surface area contributed by atoms with E-state index in [-0.39, 0.29) is 0 Å². The summed E-state index contributed by atoms with van der Waals surface area (Å²) in [6, 6.07) is 13.8. The highest BCUT2D eigenvalue weighted by molar-refractivity contribution is 9.10. The summed E-state index contributed by atoms with van der Waals surface area (Å²) in [5.41, 5.74) is 2.03. The third kappa shape index (κ3) is 3.88. The Morgan fingerprint density at radius 3 is 2.74 bits per heavy atom. The fourth-order valence-electron chi connectivity index (χ4n) is 1.77. The zero-order valence-corrected chi connectivity index (χ0v) is 13.0. The van der Waals surface area contributed by atoms with Gasteiger partial charge in [-0.15, -0.1) is 0 Å². The van der Waals surface area contributed by atoms with Gasteiger partial charge >= 0.3 is 0 Å². The predicted molar refractivity (Wildman–Crippen MR) is 84.1 cm³/mol. The standard InChI is InChI=1S/C15H15BrClNO/c1-2-19-15-6-4-3-5-11(15)10-18-14-8-7-12(16)9-13(14)17/h3-9,18H,2,10H2,1H3. The minimum atomic E-state index is 0.663. The Balaban J connectivity index is 2.10. The molecular weight excluding hydrogens is 326 g/mol. The molecule has 2 rings (SSSR count). The summed E-state index contributed by atoms with van der Waals surface area (Å²) in [7, 11) is 0. The lowest BCUT2D eigenvalue weighted by Gasteiger charge is -2.12. The van der Waals surface area contributed by atoms with Crippen LogP contribution in [0.2, 0.25) is 5.02 Å². The Labute approximate surface area is 126 Å². The molecule has 0 saturated heterocycles. The molecular formula is C15H15BrClNO. The van der Waals surface area contributed by atoms with Crippen LogP contribution < -0.4 is 10.1 Å². The summed E-state index contributed by atoms with van der Waals surface area (Å²) in [6.07, 6.45) is 0. The van der Waals surface area contributed by atoms with Crippen LogP contribution in [0, 0.1) is 0 Å². The number of nitrogens with one attached hydrogen (secondary N) is 1. The number of hydrogen-bond donors (Lipinski definition) is 1. The van der Waals surface area contributed by atoms with Crippen LogP contribution >= 0.6 is 27.5 Å². The predicted octanol–water partition coefficient (Wildman–Crippen LogP) is 5.11. The molecule has 0 spiro atoms. The first-order chi connectivity index (χ1) is 9.20. The van der Waals surface area contributed by atoms with E-state index in [0.29, 0.717) is 18.2 Å². The number of halogens is 2. The molecule has 0 radical (unpaired) electrons. The molecule has 0 amide bonds. The number of para-hydroxylation sites is 1. The van der Waals surface area contributed by atoms with Gasteiger partial charge in [-0.1, -0.05) is 45.7 Å². The van der Waals surface area contributed by atoms with Crippen molar-refractivity contribution < 1.29 is 4.74 Å². The summed E-state index contributed by atoms with van der Waals surface area (Å²) < 4.78 is 6.56. The molecule has 0 saturated carbocycles. The average Bonchev–Trinajstić information content (AvgIpc) is 2.40. The van der Waals surface area contributed by atoms with Gasteiger partial charge in [-0.25, -0.2) is 0 Å². The van der Waals surface area contributed by atoms with E-state index < -0.39 is 0 Å². The second-order valence-corrected chi connectivity index (χ2v) is 5.34. The maximum Gasteiger partial charge on any atom is 0.124 e. The number of benzene rings is 2. The average molecular weight is 341 g/mol. The SMILES string of the molecule is CCOc1ccccc1CNc1ccc(Br)cc1Cl. The molecule has 0 atom stereocenters. The van der Waals surface area contributed by atoms with Crippen LogP contribution in [0.1, 0.15) is 12.5 Å². The number of hydrogen-bond acceptors (Lipinski definition) is 2. The fraction of sp³-hybridized carbons (Fsp3) is 0.200. The van der Waals surface area contributed by atoms with Gasteiger partial charge in [0.25, 0.3) is 0 Å². The van der Waals surface area contributed by atoms with E-state index in [2.05, 4.69) is 21.2 Å².